The van der Waals surface area contributed by atoms with E-state index in [2.05, 4.69) is 19.9 Å². The highest BCUT2D eigenvalue weighted by Gasteiger charge is 2.39. The molecule has 1 aromatic carbocycles. The van der Waals surface area contributed by atoms with Crippen molar-refractivity contribution in [1.82, 2.24) is 0 Å². The van der Waals surface area contributed by atoms with Crippen molar-refractivity contribution in [1.29, 1.82) is 0 Å². The smallest absolute Gasteiger partial charge is 0.122 e. The first kappa shape index (κ1) is 9.53. The Morgan fingerprint density at radius 3 is 2.71 bits per heavy atom. The van der Waals surface area contributed by atoms with Crippen LogP contribution >= 0.6 is 0 Å². The predicted octanol–water partition coefficient (Wildman–Crippen LogP) is 2.17. The predicted molar refractivity (Wildman–Crippen MR) is 57.6 cm³/mol. The zero-order valence-corrected chi connectivity index (χ0v) is 8.84. The van der Waals surface area contributed by atoms with Crippen molar-refractivity contribution < 1.29 is 4.74 Å². The monoisotopic (exact) mass is 191 g/mol. The van der Waals surface area contributed by atoms with Gasteiger partial charge in [-0.15, -0.1) is 0 Å². The van der Waals surface area contributed by atoms with Crippen LogP contribution < -0.4 is 10.5 Å². The van der Waals surface area contributed by atoms with Crippen LogP contribution in [0.5, 0.6) is 5.75 Å². The van der Waals surface area contributed by atoms with Crippen molar-refractivity contribution >= 4 is 0 Å². The summed E-state index contributed by atoms with van der Waals surface area (Å²) in [5, 5.41) is 0. The normalized spacial score (nSPS) is 17.9. The number of nitrogens with two attached hydrogens (primary N) is 1. The molecule has 0 aromatic heterocycles. The van der Waals surface area contributed by atoms with E-state index >= 15 is 0 Å². The van der Waals surface area contributed by atoms with Crippen LogP contribution in [-0.2, 0) is 0 Å². The van der Waals surface area contributed by atoms with Gasteiger partial charge in [-0.1, -0.05) is 12.1 Å². The molecule has 1 aliphatic carbocycles. The molecule has 0 heterocycles. The molecule has 0 atom stereocenters. The summed E-state index contributed by atoms with van der Waals surface area (Å²) in [6, 6.07) is 6.12. The van der Waals surface area contributed by atoms with Crippen molar-refractivity contribution in [3.63, 3.8) is 0 Å². The van der Waals surface area contributed by atoms with Crippen LogP contribution in [0.3, 0.4) is 0 Å². The van der Waals surface area contributed by atoms with E-state index in [-0.39, 0.29) is 5.54 Å². The molecule has 0 spiro atoms. The molecule has 0 amide bonds. The fraction of sp³-hybridized carbons (Fsp3) is 0.500. The standard InChI is InChI=1S/C12H17NO/c1-9-4-3-5-11(10(9)2)14-8-12(13)6-7-12/h3-5H,6-8,13H2,1-2H3. The number of hydrogen-bond donors (Lipinski definition) is 1. The third-order valence-electron chi connectivity index (χ3n) is 2.96. The van der Waals surface area contributed by atoms with Crippen LogP contribution in [0.1, 0.15) is 24.0 Å². The van der Waals surface area contributed by atoms with Gasteiger partial charge >= 0.3 is 0 Å². The largest absolute Gasteiger partial charge is 0.491 e. The van der Waals surface area contributed by atoms with E-state index in [1.807, 2.05) is 12.1 Å². The lowest BCUT2D eigenvalue weighted by molar-refractivity contribution is 0.277. The maximum Gasteiger partial charge on any atom is 0.122 e. The zero-order valence-electron chi connectivity index (χ0n) is 8.84. The molecule has 1 fully saturated rings. The van der Waals surface area contributed by atoms with Gasteiger partial charge in [0.25, 0.3) is 0 Å². The first-order valence-electron chi connectivity index (χ1n) is 5.09. The SMILES string of the molecule is Cc1cccc(OCC2(N)CC2)c1C. The average Bonchev–Trinajstić information content (AvgIpc) is 2.88. The Hall–Kier alpha value is -1.02. The van der Waals surface area contributed by atoms with Crippen LogP contribution in [-0.4, -0.2) is 12.1 Å². The fourth-order valence-electron chi connectivity index (χ4n) is 1.41. The molecular weight excluding hydrogens is 174 g/mol. The van der Waals surface area contributed by atoms with Crippen LogP contribution in [0, 0.1) is 13.8 Å². The number of hydrogen-bond acceptors (Lipinski definition) is 2. The molecule has 0 aliphatic heterocycles. The molecule has 0 saturated heterocycles. The van der Waals surface area contributed by atoms with Crippen molar-refractivity contribution in [2.75, 3.05) is 6.61 Å². The van der Waals surface area contributed by atoms with Crippen molar-refractivity contribution in [3.05, 3.63) is 29.3 Å². The maximum absolute atomic E-state index is 5.96. The number of ether oxygens (including phenoxy) is 1. The van der Waals surface area contributed by atoms with E-state index in [1.54, 1.807) is 0 Å². The van der Waals surface area contributed by atoms with Crippen molar-refractivity contribution in [2.24, 2.45) is 5.73 Å². The summed E-state index contributed by atoms with van der Waals surface area (Å²) in [4.78, 5) is 0. The van der Waals surface area contributed by atoms with Crippen molar-refractivity contribution in [3.8, 4) is 5.75 Å². The van der Waals surface area contributed by atoms with Crippen molar-refractivity contribution in [2.45, 2.75) is 32.2 Å². The Labute approximate surface area is 85.1 Å². The van der Waals surface area contributed by atoms with E-state index in [4.69, 9.17) is 10.5 Å². The zero-order chi connectivity index (χ0) is 10.2. The summed E-state index contributed by atoms with van der Waals surface area (Å²) in [5.74, 6) is 0.974. The maximum atomic E-state index is 5.96. The molecule has 14 heavy (non-hydrogen) atoms. The minimum atomic E-state index is -0.0316. The molecule has 0 radical (unpaired) electrons. The second-order valence-electron chi connectivity index (χ2n) is 4.35. The summed E-state index contributed by atoms with van der Waals surface area (Å²) >= 11 is 0. The Balaban J connectivity index is 2.05. The lowest BCUT2D eigenvalue weighted by atomic mass is 10.1. The fourth-order valence-corrected chi connectivity index (χ4v) is 1.41. The van der Waals surface area contributed by atoms with E-state index in [0.29, 0.717) is 6.61 Å². The van der Waals surface area contributed by atoms with Gasteiger partial charge < -0.3 is 10.5 Å². The number of aryl methyl sites for hydroxylation is 1. The van der Waals surface area contributed by atoms with E-state index in [0.717, 1.165) is 18.6 Å². The topological polar surface area (TPSA) is 35.2 Å². The second-order valence-corrected chi connectivity index (χ2v) is 4.35. The van der Waals surface area contributed by atoms with Gasteiger partial charge in [-0.2, -0.15) is 0 Å². The lowest BCUT2D eigenvalue weighted by Crippen LogP contribution is -2.29. The van der Waals surface area contributed by atoms with Gasteiger partial charge in [-0.25, -0.2) is 0 Å². The highest BCUT2D eigenvalue weighted by atomic mass is 16.5. The second kappa shape index (κ2) is 3.28. The molecule has 2 N–H and O–H groups in total. The van der Waals surface area contributed by atoms with Gasteiger partial charge in [-0.3, -0.25) is 0 Å². The Morgan fingerprint density at radius 2 is 2.07 bits per heavy atom. The molecule has 1 saturated carbocycles. The average molecular weight is 191 g/mol. The highest BCUT2D eigenvalue weighted by Crippen LogP contribution is 2.33. The van der Waals surface area contributed by atoms with Crippen LogP contribution in [0.25, 0.3) is 0 Å². The minimum absolute atomic E-state index is 0.0316. The first-order chi connectivity index (χ1) is 6.61. The minimum Gasteiger partial charge on any atom is -0.491 e. The van der Waals surface area contributed by atoms with Crippen LogP contribution in [0.15, 0.2) is 18.2 Å². The van der Waals surface area contributed by atoms with Crippen LogP contribution in [0.2, 0.25) is 0 Å². The van der Waals surface area contributed by atoms with E-state index in [9.17, 15) is 0 Å². The number of rotatable bonds is 3. The Kier molecular flexibility index (Phi) is 2.23. The molecule has 0 unspecified atom stereocenters. The molecule has 1 aromatic rings. The van der Waals surface area contributed by atoms with E-state index in [1.165, 1.54) is 11.1 Å². The third kappa shape index (κ3) is 1.90. The van der Waals surface area contributed by atoms with Gasteiger partial charge in [-0.05, 0) is 43.9 Å². The van der Waals surface area contributed by atoms with Gasteiger partial charge in [0.05, 0.1) is 5.54 Å². The highest BCUT2D eigenvalue weighted by molar-refractivity contribution is 5.38. The Bertz CT molecular complexity index is 342. The summed E-state index contributed by atoms with van der Waals surface area (Å²) in [6.07, 6.45) is 2.19. The third-order valence-corrected chi connectivity index (χ3v) is 2.96. The summed E-state index contributed by atoms with van der Waals surface area (Å²) in [5.41, 5.74) is 8.41. The van der Waals surface area contributed by atoms with Gasteiger partial charge in [0, 0.05) is 0 Å². The molecule has 2 nitrogen and oxygen atoms in total. The quantitative estimate of drug-likeness (QED) is 0.794. The molecular formula is C12H17NO. The van der Waals surface area contributed by atoms with E-state index < -0.39 is 0 Å². The summed E-state index contributed by atoms with van der Waals surface area (Å²) < 4.78 is 5.72. The summed E-state index contributed by atoms with van der Waals surface area (Å²) in [7, 11) is 0. The first-order valence-corrected chi connectivity index (χ1v) is 5.09. The van der Waals surface area contributed by atoms with Crippen LogP contribution in [0.4, 0.5) is 0 Å². The summed E-state index contributed by atoms with van der Waals surface area (Å²) in [6.45, 7) is 4.83. The molecule has 76 valence electrons. The number of benzene rings is 1. The lowest BCUT2D eigenvalue weighted by Gasteiger charge is -2.14. The molecule has 1 aliphatic rings. The Morgan fingerprint density at radius 1 is 1.36 bits per heavy atom. The molecule has 2 rings (SSSR count). The van der Waals surface area contributed by atoms with Gasteiger partial charge in [0.2, 0.25) is 0 Å². The van der Waals surface area contributed by atoms with Gasteiger partial charge in [0.1, 0.15) is 12.4 Å². The molecule has 0 bridgehead atoms. The molecule has 2 heteroatoms. The van der Waals surface area contributed by atoms with Gasteiger partial charge in [0.15, 0.2) is 0 Å².